The van der Waals surface area contributed by atoms with Crippen LogP contribution in [-0.4, -0.2) is 53.2 Å². The van der Waals surface area contributed by atoms with Gasteiger partial charge in [-0.1, -0.05) is 35.4 Å². The number of rotatable bonds is 0. The highest BCUT2D eigenvalue weighted by atomic mass is 16.0. The largest absolute Gasteiger partial charge is 0.870 e. The number of benzene rings is 1. The maximum Gasteiger partial charge on any atom is 0.0661 e. The fourth-order valence-electron chi connectivity index (χ4n) is 0.637. The van der Waals surface area contributed by atoms with Crippen molar-refractivity contribution < 1.29 is 20.8 Å². The zero-order valence-electron chi connectivity index (χ0n) is 13.2. The van der Waals surface area contributed by atoms with Crippen LogP contribution in [0.15, 0.2) is 24.3 Å². The summed E-state index contributed by atoms with van der Waals surface area (Å²) in [5, 5.41) is 0. The van der Waals surface area contributed by atoms with Gasteiger partial charge in [0, 0.05) is 0 Å². The van der Waals surface area contributed by atoms with Gasteiger partial charge in [0.1, 0.15) is 0 Å². The topological polar surface area (TPSA) is 68.9 Å². The minimum absolute atomic E-state index is 0. The Kier molecular flexibility index (Phi) is 23.0. The van der Waals surface area contributed by atoms with Crippen molar-refractivity contribution in [2.75, 3.05) is 42.3 Å². The quantitative estimate of drug-likeness (QED) is 0.658. The Labute approximate surface area is 113 Å². The molecule has 0 spiro atoms. The van der Waals surface area contributed by atoms with Crippen LogP contribution in [0.25, 0.3) is 0 Å². The summed E-state index contributed by atoms with van der Waals surface area (Å²) in [4.78, 5) is 2.83. The first-order chi connectivity index (χ1) is 7.25. The average Bonchev–Trinajstić information content (AvgIpc) is 2.08. The molecule has 18 heavy (non-hydrogen) atoms. The Bertz CT molecular complexity index is 214. The summed E-state index contributed by atoms with van der Waals surface area (Å²) in [5.74, 6) is 0. The number of quaternary nitrogens is 2. The molecule has 110 valence electrons. The lowest BCUT2D eigenvalue weighted by molar-refractivity contribution is -0.836. The fourth-order valence-corrected chi connectivity index (χ4v) is 0.637. The zero-order valence-corrected chi connectivity index (χ0v) is 13.2. The Balaban J connectivity index is -0.0000000860. The van der Waals surface area contributed by atoms with Crippen molar-refractivity contribution in [2.24, 2.45) is 0 Å². The van der Waals surface area contributed by atoms with Crippen LogP contribution in [-0.2, 0) is 0 Å². The van der Waals surface area contributed by atoms with E-state index in [1.165, 1.54) is 20.9 Å². The van der Waals surface area contributed by atoms with E-state index in [4.69, 9.17) is 0 Å². The number of hydrogen-bond acceptors (Lipinski definition) is 2. The molecule has 4 heteroatoms. The Morgan fingerprint density at radius 3 is 0.778 bits per heavy atom. The van der Waals surface area contributed by atoms with E-state index in [0.29, 0.717) is 0 Å². The maximum atomic E-state index is 2.12. The lowest BCUT2D eigenvalue weighted by atomic mass is 10.2. The van der Waals surface area contributed by atoms with E-state index in [1.807, 2.05) is 0 Å². The molecule has 0 aliphatic rings. The van der Waals surface area contributed by atoms with E-state index >= 15 is 0 Å². The van der Waals surface area contributed by atoms with Crippen molar-refractivity contribution in [2.45, 2.75) is 13.8 Å². The predicted molar refractivity (Wildman–Crippen MR) is 77.3 cm³/mol. The van der Waals surface area contributed by atoms with Gasteiger partial charge in [0.05, 0.1) is 42.3 Å². The third kappa shape index (κ3) is 36.3. The molecule has 0 aromatic heterocycles. The summed E-state index contributed by atoms with van der Waals surface area (Å²) in [7, 11) is 12.5. The fraction of sp³-hybridized carbons (Fsp3) is 0.571. The Hall–Kier alpha value is -0.940. The van der Waals surface area contributed by atoms with Gasteiger partial charge in [0.2, 0.25) is 0 Å². The highest BCUT2D eigenvalue weighted by Crippen LogP contribution is 1.99. The molecule has 0 aliphatic carbocycles. The van der Waals surface area contributed by atoms with Gasteiger partial charge in [-0.3, -0.25) is 0 Å². The van der Waals surface area contributed by atoms with Gasteiger partial charge in [-0.05, 0) is 13.8 Å². The first-order valence-corrected chi connectivity index (χ1v) is 5.82. The Morgan fingerprint density at radius 1 is 0.556 bits per heavy atom. The molecule has 0 heterocycles. The van der Waals surface area contributed by atoms with Crippen molar-refractivity contribution in [1.29, 1.82) is 0 Å². The molecule has 1 aromatic carbocycles. The number of aryl methyl sites for hydroxylation is 2. The highest BCUT2D eigenvalue weighted by molar-refractivity contribution is 5.19. The molecule has 1 rings (SSSR count). The average molecular weight is 260 g/mol. The van der Waals surface area contributed by atoms with Gasteiger partial charge in [0.15, 0.2) is 0 Å². The first-order valence-electron chi connectivity index (χ1n) is 5.82. The van der Waals surface area contributed by atoms with E-state index in [2.05, 4.69) is 80.4 Å². The lowest BCUT2D eigenvalue weighted by Crippen LogP contribution is -3.02. The van der Waals surface area contributed by atoms with Crippen molar-refractivity contribution in [3.05, 3.63) is 35.4 Å². The van der Waals surface area contributed by atoms with Crippen LogP contribution in [0.1, 0.15) is 11.1 Å². The van der Waals surface area contributed by atoms with Crippen LogP contribution < -0.4 is 9.80 Å². The van der Waals surface area contributed by atoms with Gasteiger partial charge < -0.3 is 20.8 Å². The molecule has 0 saturated carbocycles. The van der Waals surface area contributed by atoms with Crippen LogP contribution in [0.3, 0.4) is 0 Å². The lowest BCUT2D eigenvalue weighted by Gasteiger charge is -1.90. The SMILES string of the molecule is C[NH+](C)C.C[NH+](C)C.Cc1ccc(C)cc1.[OH-].[OH-]. The molecule has 0 bridgehead atoms. The molecular weight excluding hydrogens is 228 g/mol. The second kappa shape index (κ2) is 16.1. The van der Waals surface area contributed by atoms with E-state index in [-0.39, 0.29) is 11.0 Å². The molecule has 0 saturated heterocycles. The molecule has 0 unspecified atom stereocenters. The summed E-state index contributed by atoms with van der Waals surface area (Å²) in [6.45, 7) is 4.19. The smallest absolute Gasteiger partial charge is 0.0661 e. The van der Waals surface area contributed by atoms with E-state index < -0.39 is 0 Å². The monoisotopic (exact) mass is 260 g/mol. The number of nitrogens with one attached hydrogen (secondary N) is 2. The van der Waals surface area contributed by atoms with Crippen LogP contribution in [0.4, 0.5) is 0 Å². The molecule has 0 amide bonds. The molecular formula is C14H32N2O2. The van der Waals surface area contributed by atoms with E-state index in [1.54, 1.807) is 0 Å². The highest BCUT2D eigenvalue weighted by Gasteiger charge is 1.79. The first kappa shape index (κ1) is 25.8. The molecule has 0 aliphatic heterocycles. The molecule has 1 aromatic rings. The van der Waals surface area contributed by atoms with Crippen LogP contribution in [0, 0.1) is 13.8 Å². The molecule has 0 radical (unpaired) electrons. The van der Waals surface area contributed by atoms with Crippen LogP contribution in [0.5, 0.6) is 0 Å². The minimum atomic E-state index is 0. The predicted octanol–water partition coefficient (Wildman–Crippen LogP) is -0.529. The summed E-state index contributed by atoms with van der Waals surface area (Å²) in [6, 6.07) is 8.48. The van der Waals surface area contributed by atoms with Crippen LogP contribution >= 0.6 is 0 Å². The number of hydrogen-bond donors (Lipinski definition) is 2. The second-order valence-corrected chi connectivity index (χ2v) is 5.15. The second-order valence-electron chi connectivity index (χ2n) is 5.15. The summed E-state index contributed by atoms with van der Waals surface area (Å²) in [6.07, 6.45) is 0. The molecule has 4 N–H and O–H groups in total. The van der Waals surface area contributed by atoms with Gasteiger partial charge in [-0.15, -0.1) is 0 Å². The normalized spacial score (nSPS) is 8.11. The van der Waals surface area contributed by atoms with Crippen molar-refractivity contribution in [1.82, 2.24) is 0 Å². The van der Waals surface area contributed by atoms with Gasteiger partial charge in [0.25, 0.3) is 0 Å². The third-order valence-corrected chi connectivity index (χ3v) is 1.22. The van der Waals surface area contributed by atoms with Gasteiger partial charge >= 0.3 is 0 Å². The minimum Gasteiger partial charge on any atom is -0.870 e. The summed E-state index contributed by atoms with van der Waals surface area (Å²) in [5.41, 5.74) is 2.66. The van der Waals surface area contributed by atoms with Crippen molar-refractivity contribution in [3.8, 4) is 0 Å². The third-order valence-electron chi connectivity index (χ3n) is 1.22. The van der Waals surface area contributed by atoms with Crippen molar-refractivity contribution >= 4 is 0 Å². The van der Waals surface area contributed by atoms with Gasteiger partial charge in [-0.2, -0.15) is 0 Å². The van der Waals surface area contributed by atoms with Gasteiger partial charge in [-0.25, -0.2) is 0 Å². The maximum absolute atomic E-state index is 2.12. The summed E-state index contributed by atoms with van der Waals surface area (Å²) >= 11 is 0. The summed E-state index contributed by atoms with van der Waals surface area (Å²) < 4.78 is 0. The van der Waals surface area contributed by atoms with E-state index in [0.717, 1.165) is 0 Å². The van der Waals surface area contributed by atoms with Crippen molar-refractivity contribution in [3.63, 3.8) is 0 Å². The zero-order chi connectivity index (χ0) is 13.1. The van der Waals surface area contributed by atoms with Crippen LogP contribution in [0.2, 0.25) is 0 Å². The Morgan fingerprint density at radius 2 is 0.667 bits per heavy atom. The molecule has 4 nitrogen and oxygen atoms in total. The molecule has 0 atom stereocenters. The van der Waals surface area contributed by atoms with E-state index in [9.17, 15) is 0 Å². The molecule has 0 fully saturated rings. The standard InChI is InChI=1S/C8H10.2C3H9N.2H2O/c1-7-3-5-8(2)6-4-7;2*1-4(2)3;;/h3-6H,1-2H3;2*1-3H3;2*1H2.